The summed E-state index contributed by atoms with van der Waals surface area (Å²) in [6.45, 7) is 0.263. The van der Waals surface area contributed by atoms with Gasteiger partial charge in [-0.05, 0) is 47.2 Å². The number of nitrogens with zero attached hydrogens (tertiary/aromatic N) is 2. The van der Waals surface area contributed by atoms with Gasteiger partial charge in [0.25, 0.3) is 11.1 Å². The highest BCUT2D eigenvalue weighted by Crippen LogP contribution is 2.32. The van der Waals surface area contributed by atoms with E-state index in [1.165, 1.54) is 4.90 Å². The largest absolute Gasteiger partial charge is 0.378 e. The topological polar surface area (TPSA) is 40.6 Å². The molecule has 4 nitrogen and oxygen atoms in total. The molecule has 1 saturated heterocycles. The van der Waals surface area contributed by atoms with E-state index in [9.17, 15) is 9.59 Å². The Morgan fingerprint density at radius 2 is 1.78 bits per heavy atom. The Morgan fingerprint density at radius 3 is 2.44 bits per heavy atom. The van der Waals surface area contributed by atoms with E-state index >= 15 is 0 Å². The number of carbonyl (C=O) groups excluding carboxylic acids is 2. The van der Waals surface area contributed by atoms with E-state index in [1.807, 2.05) is 73.6 Å². The van der Waals surface area contributed by atoms with E-state index in [0.717, 1.165) is 33.0 Å². The third kappa shape index (κ3) is 4.70. The molecule has 0 atom stereocenters. The Morgan fingerprint density at radius 1 is 1.07 bits per heavy atom. The smallest absolute Gasteiger partial charge is 0.293 e. The van der Waals surface area contributed by atoms with Crippen molar-refractivity contribution in [2.75, 3.05) is 19.0 Å². The minimum Gasteiger partial charge on any atom is -0.378 e. The summed E-state index contributed by atoms with van der Waals surface area (Å²) in [6, 6.07) is 15.7. The molecule has 6 heteroatoms. The van der Waals surface area contributed by atoms with Gasteiger partial charge in [0.2, 0.25) is 0 Å². The molecule has 0 aromatic heterocycles. The molecule has 2 amide bonds. The van der Waals surface area contributed by atoms with Gasteiger partial charge in [-0.3, -0.25) is 14.5 Å². The second-order valence-corrected chi connectivity index (χ2v) is 8.07. The molecule has 1 aliphatic rings. The zero-order chi connectivity index (χ0) is 19.4. The Bertz CT molecular complexity index is 920. The van der Waals surface area contributed by atoms with Crippen LogP contribution >= 0.6 is 27.7 Å². The molecule has 1 heterocycles. The van der Waals surface area contributed by atoms with Gasteiger partial charge in [0, 0.05) is 24.3 Å². The highest BCUT2D eigenvalue weighted by Gasteiger charge is 2.34. The lowest BCUT2D eigenvalue weighted by Crippen LogP contribution is -2.27. The standard InChI is InChI=1S/C21H19BrN2O2S/c1-23(2)17-12-10-15(11-13-17)6-5-9-19-20(25)24(21(26)27-19)14-16-7-3-4-8-18(16)22/h3-13H,14H2,1-2H3/b6-5+,19-9-. The summed E-state index contributed by atoms with van der Waals surface area (Å²) in [5.74, 6) is -0.256. The van der Waals surface area contributed by atoms with Gasteiger partial charge in [0.1, 0.15) is 0 Å². The third-order valence-electron chi connectivity index (χ3n) is 4.11. The van der Waals surface area contributed by atoms with Gasteiger partial charge in [-0.15, -0.1) is 0 Å². The first-order chi connectivity index (χ1) is 13.0. The Labute approximate surface area is 171 Å². The van der Waals surface area contributed by atoms with E-state index in [2.05, 4.69) is 15.9 Å². The first-order valence-corrected chi connectivity index (χ1v) is 9.99. The maximum atomic E-state index is 12.6. The molecular formula is C21H19BrN2O2S. The van der Waals surface area contributed by atoms with Crippen molar-refractivity contribution in [3.63, 3.8) is 0 Å². The quantitative estimate of drug-likeness (QED) is 0.588. The highest BCUT2D eigenvalue weighted by atomic mass is 79.9. The fourth-order valence-electron chi connectivity index (χ4n) is 2.58. The van der Waals surface area contributed by atoms with Crippen molar-refractivity contribution in [2.24, 2.45) is 0 Å². The summed E-state index contributed by atoms with van der Waals surface area (Å²) in [5, 5.41) is -0.245. The minimum atomic E-state index is -0.256. The molecule has 1 aliphatic heterocycles. The summed E-state index contributed by atoms with van der Waals surface area (Å²) < 4.78 is 0.883. The van der Waals surface area contributed by atoms with Crippen molar-refractivity contribution in [3.05, 3.63) is 81.2 Å². The molecule has 138 valence electrons. The summed E-state index contributed by atoms with van der Waals surface area (Å²) in [5.41, 5.74) is 3.06. The Hall–Kier alpha value is -2.31. The maximum absolute atomic E-state index is 12.6. The van der Waals surface area contributed by atoms with Gasteiger partial charge >= 0.3 is 0 Å². The fraction of sp³-hybridized carbons (Fsp3) is 0.143. The minimum absolute atomic E-state index is 0.245. The fourth-order valence-corrected chi connectivity index (χ4v) is 3.78. The zero-order valence-corrected chi connectivity index (χ0v) is 17.5. The van der Waals surface area contributed by atoms with E-state index in [-0.39, 0.29) is 17.7 Å². The number of rotatable bonds is 5. The van der Waals surface area contributed by atoms with Crippen molar-refractivity contribution < 1.29 is 9.59 Å². The first kappa shape index (κ1) is 19.5. The van der Waals surface area contributed by atoms with Crippen molar-refractivity contribution in [1.82, 2.24) is 4.90 Å². The van der Waals surface area contributed by atoms with Crippen LogP contribution in [0, 0.1) is 0 Å². The van der Waals surface area contributed by atoms with Crippen LogP contribution in [-0.2, 0) is 11.3 Å². The number of allylic oxidation sites excluding steroid dienone is 2. The summed E-state index contributed by atoms with van der Waals surface area (Å²) in [4.78, 5) is 28.5. The zero-order valence-electron chi connectivity index (χ0n) is 15.1. The van der Waals surface area contributed by atoms with Crippen LogP contribution in [0.4, 0.5) is 10.5 Å². The Kier molecular flexibility index (Phi) is 6.19. The van der Waals surface area contributed by atoms with E-state index in [0.29, 0.717) is 4.91 Å². The molecule has 2 aromatic rings. The van der Waals surface area contributed by atoms with Crippen LogP contribution in [-0.4, -0.2) is 30.1 Å². The molecule has 0 saturated carbocycles. The molecule has 0 unspecified atom stereocenters. The van der Waals surface area contributed by atoms with Crippen molar-refractivity contribution in [2.45, 2.75) is 6.54 Å². The van der Waals surface area contributed by atoms with E-state index in [4.69, 9.17) is 0 Å². The highest BCUT2D eigenvalue weighted by molar-refractivity contribution is 9.10. The molecule has 0 N–H and O–H groups in total. The van der Waals surface area contributed by atoms with Crippen LogP contribution in [0.25, 0.3) is 6.08 Å². The van der Waals surface area contributed by atoms with Crippen LogP contribution in [0.15, 0.2) is 70.1 Å². The number of halogens is 1. The first-order valence-electron chi connectivity index (χ1n) is 8.38. The predicted molar refractivity (Wildman–Crippen MR) is 116 cm³/mol. The third-order valence-corrected chi connectivity index (χ3v) is 5.80. The molecule has 0 bridgehead atoms. The summed E-state index contributed by atoms with van der Waals surface area (Å²) in [7, 11) is 3.99. The Balaban J connectivity index is 1.69. The molecular weight excluding hydrogens is 424 g/mol. The monoisotopic (exact) mass is 442 g/mol. The SMILES string of the molecule is CN(C)c1ccc(/C=C/C=C2\SC(=O)N(Cc3ccccc3Br)C2=O)cc1. The van der Waals surface area contributed by atoms with E-state index < -0.39 is 0 Å². The number of anilines is 1. The number of benzene rings is 2. The molecule has 27 heavy (non-hydrogen) atoms. The van der Waals surface area contributed by atoms with Crippen LogP contribution in [0.5, 0.6) is 0 Å². The van der Waals surface area contributed by atoms with Gasteiger partial charge in [0.15, 0.2) is 0 Å². The number of imide groups is 1. The lowest BCUT2D eigenvalue weighted by molar-refractivity contribution is -0.123. The van der Waals surface area contributed by atoms with Gasteiger partial charge in [-0.25, -0.2) is 0 Å². The average molecular weight is 443 g/mol. The van der Waals surface area contributed by atoms with Crippen molar-refractivity contribution in [3.8, 4) is 0 Å². The predicted octanol–water partition coefficient (Wildman–Crippen LogP) is 5.31. The number of carbonyl (C=O) groups is 2. The molecule has 0 radical (unpaired) electrons. The van der Waals surface area contributed by atoms with Gasteiger partial charge in [0.05, 0.1) is 11.4 Å². The second kappa shape index (κ2) is 8.59. The van der Waals surface area contributed by atoms with Crippen LogP contribution in [0.3, 0.4) is 0 Å². The number of hydrogen-bond donors (Lipinski definition) is 0. The molecule has 2 aromatic carbocycles. The van der Waals surface area contributed by atoms with Gasteiger partial charge < -0.3 is 4.90 Å². The lowest BCUT2D eigenvalue weighted by atomic mass is 10.2. The normalized spacial score (nSPS) is 16.0. The molecule has 0 spiro atoms. The molecule has 3 rings (SSSR count). The number of hydrogen-bond acceptors (Lipinski definition) is 4. The number of amides is 2. The average Bonchev–Trinajstić information content (AvgIpc) is 2.91. The van der Waals surface area contributed by atoms with Crippen LogP contribution in [0.1, 0.15) is 11.1 Å². The van der Waals surface area contributed by atoms with E-state index in [1.54, 1.807) is 12.2 Å². The van der Waals surface area contributed by atoms with Gasteiger partial charge in [-0.2, -0.15) is 0 Å². The summed E-state index contributed by atoms with van der Waals surface area (Å²) in [6.07, 6.45) is 5.42. The molecule has 0 aliphatic carbocycles. The van der Waals surface area contributed by atoms with Crippen LogP contribution < -0.4 is 4.90 Å². The summed E-state index contributed by atoms with van der Waals surface area (Å²) >= 11 is 4.43. The van der Waals surface area contributed by atoms with Crippen LogP contribution in [0.2, 0.25) is 0 Å². The molecule has 1 fully saturated rings. The second-order valence-electron chi connectivity index (χ2n) is 6.23. The lowest BCUT2D eigenvalue weighted by Gasteiger charge is -2.13. The van der Waals surface area contributed by atoms with Gasteiger partial charge in [-0.1, -0.05) is 58.4 Å². The number of thioether (sulfide) groups is 1. The maximum Gasteiger partial charge on any atom is 0.293 e. The van der Waals surface area contributed by atoms with Crippen molar-refractivity contribution in [1.29, 1.82) is 0 Å². The van der Waals surface area contributed by atoms with Crippen molar-refractivity contribution >= 4 is 50.6 Å².